The van der Waals surface area contributed by atoms with Crippen LogP contribution >= 0.6 is 0 Å². The van der Waals surface area contributed by atoms with Crippen molar-refractivity contribution in [2.75, 3.05) is 32.7 Å². The summed E-state index contributed by atoms with van der Waals surface area (Å²) in [6.45, 7) is 4.25. The summed E-state index contributed by atoms with van der Waals surface area (Å²) in [5.41, 5.74) is -0.293. The highest BCUT2D eigenvalue weighted by atomic mass is 32.2. The molecule has 1 amide bonds. The van der Waals surface area contributed by atoms with Crippen LogP contribution in [0.2, 0.25) is 0 Å². The van der Waals surface area contributed by atoms with Gasteiger partial charge in [-0.15, -0.1) is 0 Å². The van der Waals surface area contributed by atoms with Crippen LogP contribution in [0.3, 0.4) is 0 Å². The summed E-state index contributed by atoms with van der Waals surface area (Å²) >= 11 is 0. The fraction of sp³-hybridized carbons (Fsp3) is 0.393. The number of carbonyl (C=O) groups excluding carboxylic acids is 1. The smallest absolute Gasteiger partial charge is 0.304 e. The molecule has 0 bridgehead atoms. The minimum absolute atomic E-state index is 0.210. The van der Waals surface area contributed by atoms with Crippen LogP contribution in [0.4, 0.5) is 8.78 Å². The first-order valence-electron chi connectivity index (χ1n) is 13.5. The van der Waals surface area contributed by atoms with E-state index in [1.807, 2.05) is 4.72 Å². The quantitative estimate of drug-likeness (QED) is 0.357. The van der Waals surface area contributed by atoms with Gasteiger partial charge in [-0.25, -0.2) is 14.1 Å². The zero-order valence-electron chi connectivity index (χ0n) is 22.5. The van der Waals surface area contributed by atoms with E-state index in [1.165, 1.54) is 19.0 Å². The minimum Gasteiger partial charge on any atom is -0.481 e. The summed E-state index contributed by atoms with van der Waals surface area (Å²) in [7, 11) is -4.22. The average Bonchev–Trinajstić information content (AvgIpc) is 3.79. The van der Waals surface area contributed by atoms with Gasteiger partial charge in [0.05, 0.1) is 17.5 Å². The van der Waals surface area contributed by atoms with Crippen molar-refractivity contribution in [1.82, 2.24) is 23.9 Å². The van der Waals surface area contributed by atoms with Gasteiger partial charge in [0.25, 0.3) is 5.91 Å². The summed E-state index contributed by atoms with van der Waals surface area (Å²) in [5, 5.41) is 0. The number of piperazine rings is 1. The van der Waals surface area contributed by atoms with Crippen LogP contribution in [0.1, 0.15) is 48.3 Å². The van der Waals surface area contributed by atoms with E-state index in [4.69, 9.17) is 9.47 Å². The Morgan fingerprint density at radius 2 is 1.83 bits per heavy atom. The maximum Gasteiger partial charge on any atom is 0.304 e. The van der Waals surface area contributed by atoms with Crippen molar-refractivity contribution in [3.8, 4) is 17.4 Å². The second-order valence-corrected chi connectivity index (χ2v) is 11.7. The predicted molar refractivity (Wildman–Crippen MR) is 146 cm³/mol. The Morgan fingerprint density at radius 3 is 2.46 bits per heavy atom. The van der Waals surface area contributed by atoms with Crippen LogP contribution in [0.5, 0.6) is 17.4 Å². The normalized spacial score (nSPS) is 17.1. The number of hydrogen-bond donors (Lipinski definition) is 1. The third kappa shape index (κ3) is 7.16. The van der Waals surface area contributed by atoms with E-state index in [2.05, 4.69) is 14.9 Å². The zero-order valence-corrected chi connectivity index (χ0v) is 23.3. The lowest BCUT2D eigenvalue weighted by molar-refractivity contribution is 0.0971. The number of hydrogen-bond acceptors (Lipinski definition) is 8. The number of benzene rings is 1. The van der Waals surface area contributed by atoms with Crippen LogP contribution in [0.25, 0.3) is 0 Å². The second-order valence-electron chi connectivity index (χ2n) is 10.0. The van der Waals surface area contributed by atoms with Gasteiger partial charge in [0, 0.05) is 45.0 Å². The molecular weight excluding hydrogens is 556 g/mol. The molecule has 2 aliphatic rings. The van der Waals surface area contributed by atoms with Crippen molar-refractivity contribution in [1.29, 1.82) is 0 Å². The Hall–Kier alpha value is -3.68. The Bertz CT molecular complexity index is 1470. The van der Waals surface area contributed by atoms with E-state index in [9.17, 15) is 22.0 Å². The molecule has 41 heavy (non-hydrogen) atoms. The minimum atomic E-state index is -4.22. The van der Waals surface area contributed by atoms with Gasteiger partial charge in [0.1, 0.15) is 11.9 Å². The van der Waals surface area contributed by atoms with Gasteiger partial charge in [-0.3, -0.25) is 9.78 Å². The van der Waals surface area contributed by atoms with Crippen LogP contribution in [0.15, 0.2) is 54.9 Å². The number of rotatable bonds is 11. The lowest BCUT2D eigenvalue weighted by atomic mass is 10.1. The Kier molecular flexibility index (Phi) is 8.76. The number of pyridine rings is 2. The summed E-state index contributed by atoms with van der Waals surface area (Å²) in [4.78, 5) is 23.3. The number of carbonyl (C=O) groups is 1. The fourth-order valence-electron chi connectivity index (χ4n) is 4.53. The van der Waals surface area contributed by atoms with Gasteiger partial charge in [-0.05, 0) is 55.5 Å². The summed E-state index contributed by atoms with van der Waals surface area (Å²) in [5.74, 6) is -3.09. The molecule has 3 aromatic rings. The van der Waals surface area contributed by atoms with Crippen LogP contribution in [0, 0.1) is 17.6 Å². The van der Waals surface area contributed by atoms with Crippen molar-refractivity contribution >= 4 is 16.1 Å². The molecule has 218 valence electrons. The SMILES string of the molecule is CCC(Oc1ccc(C(=O)NS(=O)(=O)N2CCN(CC3CC3)CC2)c(F)c1F)c1ccc(Oc2ccccn2)cn1. The molecular formula is C28H31F2N5O5S. The van der Waals surface area contributed by atoms with E-state index < -0.39 is 45.2 Å². The number of nitrogens with zero attached hydrogens (tertiary/aromatic N) is 4. The number of amides is 1. The van der Waals surface area contributed by atoms with Crippen molar-refractivity contribution in [3.63, 3.8) is 0 Å². The Morgan fingerprint density at radius 1 is 1.05 bits per heavy atom. The zero-order chi connectivity index (χ0) is 29.0. The molecule has 1 atom stereocenters. The van der Waals surface area contributed by atoms with E-state index in [0.29, 0.717) is 42.8 Å². The number of aromatic nitrogens is 2. The van der Waals surface area contributed by atoms with E-state index in [0.717, 1.165) is 23.0 Å². The molecule has 1 N–H and O–H groups in total. The van der Waals surface area contributed by atoms with Crippen molar-refractivity contribution in [2.24, 2.45) is 5.92 Å². The van der Waals surface area contributed by atoms with Crippen molar-refractivity contribution in [2.45, 2.75) is 32.3 Å². The molecule has 3 heterocycles. The standard InChI is InChI=1S/C28H31F2N5O5S/c1-2-23(22-10-8-20(17-32-22)39-25-5-3-4-12-31-25)40-24-11-9-21(26(29)27(24)30)28(36)33-41(37,38)35-15-13-34(14-16-35)18-19-6-7-19/h3-5,8-12,17,19,23H,2,6-7,13-16,18H2,1H3,(H,33,36). The lowest BCUT2D eigenvalue weighted by Gasteiger charge is -2.33. The largest absolute Gasteiger partial charge is 0.481 e. The summed E-state index contributed by atoms with van der Waals surface area (Å²) < 4.78 is 69.8. The highest BCUT2D eigenvalue weighted by molar-refractivity contribution is 7.87. The van der Waals surface area contributed by atoms with Gasteiger partial charge in [0.2, 0.25) is 11.7 Å². The third-order valence-electron chi connectivity index (χ3n) is 6.99. The Labute approximate surface area is 237 Å². The van der Waals surface area contributed by atoms with E-state index in [-0.39, 0.29) is 13.1 Å². The summed E-state index contributed by atoms with van der Waals surface area (Å²) in [6, 6.07) is 10.6. The van der Waals surface area contributed by atoms with Crippen molar-refractivity contribution in [3.05, 3.63) is 77.8 Å². The first-order valence-corrected chi connectivity index (χ1v) is 14.9. The maximum absolute atomic E-state index is 15.0. The van der Waals surface area contributed by atoms with Crippen molar-refractivity contribution < 1.29 is 31.5 Å². The molecule has 0 spiro atoms. The molecule has 1 saturated carbocycles. The van der Waals surface area contributed by atoms with Gasteiger partial charge in [0.15, 0.2) is 11.6 Å². The number of halogens is 2. The van der Waals surface area contributed by atoms with Gasteiger partial charge in [-0.1, -0.05) is 13.0 Å². The number of ether oxygens (including phenoxy) is 2. The Balaban J connectivity index is 1.21. The molecule has 1 saturated heterocycles. The van der Waals surface area contributed by atoms with Gasteiger partial charge < -0.3 is 14.4 Å². The maximum atomic E-state index is 15.0. The molecule has 0 radical (unpaired) electrons. The number of nitrogens with one attached hydrogen (secondary N) is 1. The lowest BCUT2D eigenvalue weighted by Crippen LogP contribution is -2.53. The first kappa shape index (κ1) is 28.8. The molecule has 13 heteroatoms. The predicted octanol–water partition coefficient (Wildman–Crippen LogP) is 4.08. The second kappa shape index (κ2) is 12.5. The third-order valence-corrected chi connectivity index (χ3v) is 8.48. The monoisotopic (exact) mass is 587 g/mol. The van der Waals surface area contributed by atoms with Gasteiger partial charge in [-0.2, -0.15) is 17.1 Å². The average molecular weight is 588 g/mol. The van der Waals surface area contributed by atoms with E-state index >= 15 is 0 Å². The summed E-state index contributed by atoms with van der Waals surface area (Å²) in [6.07, 6.45) is 5.11. The van der Waals surface area contributed by atoms with Crippen LogP contribution in [-0.4, -0.2) is 66.2 Å². The van der Waals surface area contributed by atoms with Gasteiger partial charge >= 0.3 is 10.2 Å². The fourth-order valence-corrected chi connectivity index (χ4v) is 5.65. The molecule has 1 aliphatic heterocycles. The highest BCUT2D eigenvalue weighted by Gasteiger charge is 2.32. The molecule has 1 aromatic carbocycles. The molecule has 2 aromatic heterocycles. The van der Waals surface area contributed by atoms with Crippen LogP contribution < -0.4 is 14.2 Å². The van der Waals surface area contributed by atoms with E-state index in [1.54, 1.807) is 43.5 Å². The molecule has 1 unspecified atom stereocenters. The molecule has 5 rings (SSSR count). The van der Waals surface area contributed by atoms with Crippen LogP contribution in [-0.2, 0) is 10.2 Å². The molecule has 2 fully saturated rings. The molecule has 1 aliphatic carbocycles. The molecule has 10 nitrogen and oxygen atoms in total. The highest BCUT2D eigenvalue weighted by Crippen LogP contribution is 2.31. The topological polar surface area (TPSA) is 114 Å². The first-order chi connectivity index (χ1) is 19.7.